The van der Waals surface area contributed by atoms with E-state index in [1.165, 1.54) is 6.92 Å². The lowest BCUT2D eigenvalue weighted by Crippen LogP contribution is -2.18. The molecule has 0 spiro atoms. The molecule has 3 rings (SSSR count). The second-order valence-electron chi connectivity index (χ2n) is 5.95. The molecule has 0 bridgehead atoms. The number of carbonyl (C=O) groups is 2. The van der Waals surface area contributed by atoms with Gasteiger partial charge >= 0.3 is 0 Å². The first kappa shape index (κ1) is 18.3. The Bertz CT molecular complexity index is 984. The second kappa shape index (κ2) is 7.82. The summed E-state index contributed by atoms with van der Waals surface area (Å²) in [5, 5.41) is 4.68. The molecule has 2 N–H and O–H groups in total. The van der Waals surface area contributed by atoms with Crippen LogP contribution in [0.15, 0.2) is 60.8 Å². The molecule has 0 atom stereocenters. The molecule has 0 aliphatic carbocycles. The number of nitrogens with one attached hydrogen (secondary N) is 2. The van der Waals surface area contributed by atoms with Gasteiger partial charge in [0.15, 0.2) is 0 Å². The van der Waals surface area contributed by atoms with Crippen molar-refractivity contribution in [1.82, 2.24) is 4.57 Å². The summed E-state index contributed by atoms with van der Waals surface area (Å²) in [4.78, 5) is 23.7. The Labute approximate surface area is 154 Å². The molecule has 0 aliphatic rings. The van der Waals surface area contributed by atoms with Crippen molar-refractivity contribution in [2.24, 2.45) is 0 Å². The minimum atomic E-state index is -0.934. The molecule has 1 aromatic heterocycles. The summed E-state index contributed by atoms with van der Waals surface area (Å²) in [5.41, 5.74) is 0.892. The molecule has 5 nitrogen and oxygen atoms in total. The topological polar surface area (TPSA) is 63.1 Å². The molecule has 2 aromatic carbocycles. The van der Waals surface area contributed by atoms with Gasteiger partial charge in [0.25, 0.3) is 5.91 Å². The van der Waals surface area contributed by atoms with E-state index in [4.69, 9.17) is 0 Å². The van der Waals surface area contributed by atoms with Crippen LogP contribution in [0.25, 0.3) is 0 Å². The number of amides is 2. The summed E-state index contributed by atoms with van der Waals surface area (Å²) >= 11 is 0. The molecule has 0 aliphatic heterocycles. The van der Waals surface area contributed by atoms with Crippen LogP contribution in [-0.2, 0) is 11.3 Å². The van der Waals surface area contributed by atoms with Crippen LogP contribution in [-0.4, -0.2) is 16.4 Å². The number of hydrogen-bond donors (Lipinski definition) is 2. The predicted octanol–water partition coefficient (Wildman–Crippen LogP) is 4.03. The zero-order valence-corrected chi connectivity index (χ0v) is 14.5. The number of benzene rings is 2. The number of hydrogen-bond acceptors (Lipinski definition) is 2. The van der Waals surface area contributed by atoms with Crippen LogP contribution in [0.5, 0.6) is 0 Å². The molecule has 27 heavy (non-hydrogen) atoms. The zero-order chi connectivity index (χ0) is 19.4. The lowest BCUT2D eigenvalue weighted by molar-refractivity contribution is -0.114. The monoisotopic (exact) mass is 369 g/mol. The smallest absolute Gasteiger partial charge is 0.272 e. The normalized spacial score (nSPS) is 10.5. The fourth-order valence-electron chi connectivity index (χ4n) is 2.65. The Balaban J connectivity index is 1.82. The maximum atomic E-state index is 14.0. The van der Waals surface area contributed by atoms with Crippen LogP contribution >= 0.6 is 0 Å². The number of aromatic nitrogens is 1. The Hall–Kier alpha value is -3.48. The first-order valence-electron chi connectivity index (χ1n) is 8.21. The molecular formula is C20H17F2N3O2. The van der Waals surface area contributed by atoms with Crippen molar-refractivity contribution in [2.75, 3.05) is 10.6 Å². The van der Waals surface area contributed by atoms with Gasteiger partial charge in [-0.25, -0.2) is 8.78 Å². The minimum absolute atomic E-state index is 0.209. The fraction of sp³-hybridized carbons (Fsp3) is 0.100. The summed E-state index contributed by atoms with van der Waals surface area (Å²) in [5.74, 6) is -2.91. The van der Waals surface area contributed by atoms with Gasteiger partial charge in [-0.3, -0.25) is 9.59 Å². The van der Waals surface area contributed by atoms with Crippen LogP contribution in [0.1, 0.15) is 23.0 Å². The highest BCUT2D eigenvalue weighted by atomic mass is 19.1. The molecule has 0 unspecified atom stereocenters. The summed E-state index contributed by atoms with van der Waals surface area (Å²) in [6.07, 6.45) is 1.74. The van der Waals surface area contributed by atoms with Gasteiger partial charge in [-0.05, 0) is 23.8 Å². The van der Waals surface area contributed by atoms with Gasteiger partial charge in [0, 0.05) is 25.7 Å². The van der Waals surface area contributed by atoms with Gasteiger partial charge in [0.05, 0.1) is 11.4 Å². The van der Waals surface area contributed by atoms with Gasteiger partial charge in [-0.1, -0.05) is 30.3 Å². The molecular weight excluding hydrogens is 352 g/mol. The van der Waals surface area contributed by atoms with Crippen LogP contribution in [0.2, 0.25) is 0 Å². The zero-order valence-electron chi connectivity index (χ0n) is 14.5. The largest absolute Gasteiger partial charge is 0.339 e. The molecule has 7 heteroatoms. The van der Waals surface area contributed by atoms with Gasteiger partial charge in [-0.15, -0.1) is 0 Å². The standard InChI is InChI=1S/C20H17F2N3O2/c1-13(26)23-17-11-18(16(22)10-15(17)21)24-20(27)19-8-5-9-25(19)12-14-6-3-2-4-7-14/h2-11H,12H2,1H3,(H,23,26)(H,24,27). The summed E-state index contributed by atoms with van der Waals surface area (Å²) in [7, 11) is 0. The summed E-state index contributed by atoms with van der Waals surface area (Å²) < 4.78 is 29.5. The van der Waals surface area contributed by atoms with Crippen molar-refractivity contribution < 1.29 is 18.4 Å². The number of rotatable bonds is 5. The molecule has 0 fully saturated rings. The molecule has 0 saturated carbocycles. The second-order valence-corrected chi connectivity index (χ2v) is 5.95. The molecule has 0 radical (unpaired) electrons. The van der Waals surface area contributed by atoms with Gasteiger partial charge in [0.1, 0.15) is 17.3 Å². The van der Waals surface area contributed by atoms with Gasteiger partial charge < -0.3 is 15.2 Å². The van der Waals surface area contributed by atoms with E-state index in [-0.39, 0.29) is 11.4 Å². The highest BCUT2D eigenvalue weighted by Crippen LogP contribution is 2.24. The quantitative estimate of drug-likeness (QED) is 0.713. The van der Waals surface area contributed by atoms with Crippen LogP contribution < -0.4 is 10.6 Å². The van der Waals surface area contributed by atoms with E-state index in [2.05, 4.69) is 10.6 Å². The van der Waals surface area contributed by atoms with Crippen LogP contribution in [0.4, 0.5) is 20.2 Å². The maximum Gasteiger partial charge on any atom is 0.272 e. The van der Waals surface area contributed by atoms with Gasteiger partial charge in [0.2, 0.25) is 5.91 Å². The number of anilines is 2. The number of nitrogens with zero attached hydrogens (tertiary/aromatic N) is 1. The fourth-order valence-corrected chi connectivity index (χ4v) is 2.65. The Morgan fingerprint density at radius 2 is 1.59 bits per heavy atom. The van der Waals surface area contributed by atoms with E-state index >= 15 is 0 Å². The number of carbonyl (C=O) groups excluding carboxylic acids is 2. The van der Waals surface area contributed by atoms with Gasteiger partial charge in [-0.2, -0.15) is 0 Å². The average Bonchev–Trinajstić information content (AvgIpc) is 3.08. The lowest BCUT2D eigenvalue weighted by Gasteiger charge is -2.12. The maximum absolute atomic E-state index is 14.0. The third kappa shape index (κ3) is 4.38. The van der Waals surface area contributed by atoms with Crippen molar-refractivity contribution in [1.29, 1.82) is 0 Å². The summed E-state index contributed by atoms with van der Waals surface area (Å²) in [6, 6.07) is 14.5. The molecule has 1 heterocycles. The Kier molecular flexibility index (Phi) is 5.30. The van der Waals surface area contributed by atoms with Crippen molar-refractivity contribution in [3.63, 3.8) is 0 Å². The van der Waals surface area contributed by atoms with E-state index < -0.39 is 23.4 Å². The molecule has 3 aromatic rings. The molecule has 0 saturated heterocycles. The van der Waals surface area contributed by atoms with E-state index in [1.54, 1.807) is 22.9 Å². The third-order valence-corrected chi connectivity index (χ3v) is 3.87. The van der Waals surface area contributed by atoms with Crippen LogP contribution in [0, 0.1) is 11.6 Å². The van der Waals surface area contributed by atoms with Crippen molar-refractivity contribution >= 4 is 23.2 Å². The van der Waals surface area contributed by atoms with E-state index in [0.717, 1.165) is 11.6 Å². The van der Waals surface area contributed by atoms with Crippen molar-refractivity contribution in [2.45, 2.75) is 13.5 Å². The van der Waals surface area contributed by atoms with E-state index in [9.17, 15) is 18.4 Å². The summed E-state index contributed by atoms with van der Waals surface area (Å²) in [6.45, 7) is 1.68. The SMILES string of the molecule is CC(=O)Nc1cc(NC(=O)c2cccn2Cc2ccccc2)c(F)cc1F. The molecule has 2 amide bonds. The highest BCUT2D eigenvalue weighted by molar-refractivity contribution is 6.03. The number of halogens is 2. The van der Waals surface area contributed by atoms with Crippen molar-refractivity contribution in [3.8, 4) is 0 Å². The first-order chi connectivity index (χ1) is 12.9. The predicted molar refractivity (Wildman–Crippen MR) is 98.6 cm³/mol. The van der Waals surface area contributed by atoms with Crippen LogP contribution in [0.3, 0.4) is 0 Å². The van der Waals surface area contributed by atoms with Crippen molar-refractivity contribution in [3.05, 3.63) is 83.7 Å². The molecule has 138 valence electrons. The third-order valence-electron chi connectivity index (χ3n) is 3.87. The van der Waals surface area contributed by atoms with E-state index in [1.807, 2.05) is 30.3 Å². The van der Waals surface area contributed by atoms with E-state index in [0.29, 0.717) is 18.3 Å². The first-order valence-corrected chi connectivity index (χ1v) is 8.21. The highest BCUT2D eigenvalue weighted by Gasteiger charge is 2.16. The average molecular weight is 369 g/mol. The Morgan fingerprint density at radius 1 is 0.926 bits per heavy atom. The Morgan fingerprint density at radius 3 is 2.26 bits per heavy atom. The lowest BCUT2D eigenvalue weighted by atomic mass is 10.2. The minimum Gasteiger partial charge on any atom is -0.339 e.